The number of rotatable bonds is 7. The molecular weight excluding hydrogens is 405 g/mol. The van der Waals surface area contributed by atoms with Crippen LogP contribution >= 0.6 is 11.8 Å². The summed E-state index contributed by atoms with van der Waals surface area (Å²) in [6.45, 7) is 2.60. The first-order chi connectivity index (χ1) is 14.7. The molecule has 1 saturated heterocycles. The number of nitrogens with zero attached hydrogens (tertiary/aromatic N) is 4. The van der Waals surface area contributed by atoms with E-state index in [2.05, 4.69) is 20.4 Å². The first-order valence-electron chi connectivity index (χ1n) is 9.72. The Balaban J connectivity index is 1.48. The molecule has 0 unspecified atom stereocenters. The molecule has 2 aromatic carbocycles. The molecule has 1 aromatic heterocycles. The summed E-state index contributed by atoms with van der Waals surface area (Å²) in [6, 6.07) is 15.7. The van der Waals surface area contributed by atoms with Gasteiger partial charge in [-0.2, -0.15) is 0 Å². The molecule has 0 saturated carbocycles. The van der Waals surface area contributed by atoms with Gasteiger partial charge in [0.15, 0.2) is 5.16 Å². The van der Waals surface area contributed by atoms with Gasteiger partial charge in [0, 0.05) is 31.0 Å². The second-order valence-electron chi connectivity index (χ2n) is 6.71. The van der Waals surface area contributed by atoms with E-state index in [-0.39, 0.29) is 11.7 Å². The molecule has 1 fully saturated rings. The quantitative estimate of drug-likeness (QED) is 0.583. The van der Waals surface area contributed by atoms with Gasteiger partial charge in [0.05, 0.1) is 18.9 Å². The minimum atomic E-state index is -0.327. The second-order valence-corrected chi connectivity index (χ2v) is 7.77. The standard InChI is InChI=1S/C21H22FN5O2S/c22-16-5-4-8-18(15-16)27-20(26-10-12-29-13-11-26)24-25-21(27)30-14-9-19(28)23-17-6-2-1-3-7-17/h1-8,15H,9-14H2,(H,23,28). The molecule has 7 nitrogen and oxygen atoms in total. The number of morpholine rings is 1. The monoisotopic (exact) mass is 427 g/mol. The maximum atomic E-state index is 13.9. The summed E-state index contributed by atoms with van der Waals surface area (Å²) in [5.41, 5.74) is 1.42. The Kier molecular flexibility index (Phi) is 6.60. The lowest BCUT2D eigenvalue weighted by molar-refractivity contribution is -0.115. The van der Waals surface area contributed by atoms with E-state index in [0.717, 1.165) is 5.69 Å². The first-order valence-corrected chi connectivity index (χ1v) is 10.7. The summed E-state index contributed by atoms with van der Waals surface area (Å²) in [6.07, 6.45) is 0.322. The van der Waals surface area contributed by atoms with Crippen molar-refractivity contribution in [3.63, 3.8) is 0 Å². The van der Waals surface area contributed by atoms with Crippen LogP contribution in [0.4, 0.5) is 16.0 Å². The van der Waals surface area contributed by atoms with E-state index in [0.29, 0.717) is 55.3 Å². The summed E-state index contributed by atoms with van der Waals surface area (Å²) in [4.78, 5) is 14.3. The summed E-state index contributed by atoms with van der Waals surface area (Å²) in [5.74, 6) is 0.779. The molecule has 1 amide bonds. The lowest BCUT2D eigenvalue weighted by atomic mass is 10.3. The van der Waals surface area contributed by atoms with Gasteiger partial charge in [-0.25, -0.2) is 4.39 Å². The van der Waals surface area contributed by atoms with Gasteiger partial charge in [0.1, 0.15) is 5.82 Å². The highest BCUT2D eigenvalue weighted by Crippen LogP contribution is 2.28. The highest BCUT2D eigenvalue weighted by molar-refractivity contribution is 7.99. The minimum Gasteiger partial charge on any atom is -0.378 e. The van der Waals surface area contributed by atoms with E-state index < -0.39 is 0 Å². The number of carbonyl (C=O) groups is 1. The predicted octanol–water partition coefficient (Wildman–Crippen LogP) is 3.36. The number of amides is 1. The van der Waals surface area contributed by atoms with Crippen molar-refractivity contribution in [2.45, 2.75) is 11.6 Å². The van der Waals surface area contributed by atoms with E-state index in [1.807, 2.05) is 41.0 Å². The van der Waals surface area contributed by atoms with E-state index >= 15 is 0 Å². The third-order valence-electron chi connectivity index (χ3n) is 4.59. The number of thioether (sulfide) groups is 1. The van der Waals surface area contributed by atoms with Crippen LogP contribution in [-0.2, 0) is 9.53 Å². The van der Waals surface area contributed by atoms with Crippen molar-refractivity contribution >= 4 is 29.3 Å². The molecule has 3 aromatic rings. The Hall–Kier alpha value is -2.91. The van der Waals surface area contributed by atoms with Gasteiger partial charge >= 0.3 is 0 Å². The Bertz CT molecular complexity index is 992. The number of hydrogen-bond donors (Lipinski definition) is 1. The summed E-state index contributed by atoms with van der Waals surface area (Å²) < 4.78 is 21.1. The van der Waals surface area contributed by atoms with Crippen LogP contribution in [0.15, 0.2) is 59.8 Å². The molecule has 0 bridgehead atoms. The highest BCUT2D eigenvalue weighted by atomic mass is 32.2. The predicted molar refractivity (Wildman–Crippen MR) is 115 cm³/mol. The van der Waals surface area contributed by atoms with Crippen molar-refractivity contribution in [3.8, 4) is 5.69 Å². The molecule has 156 valence electrons. The molecule has 1 aliphatic heterocycles. The first kappa shape index (κ1) is 20.4. The van der Waals surface area contributed by atoms with Gasteiger partial charge in [-0.15, -0.1) is 10.2 Å². The maximum Gasteiger partial charge on any atom is 0.232 e. The van der Waals surface area contributed by atoms with Gasteiger partial charge in [-0.1, -0.05) is 36.0 Å². The third-order valence-corrected chi connectivity index (χ3v) is 5.53. The van der Waals surface area contributed by atoms with Gasteiger partial charge < -0.3 is 15.0 Å². The van der Waals surface area contributed by atoms with Crippen LogP contribution in [0.25, 0.3) is 5.69 Å². The number of benzene rings is 2. The fraction of sp³-hybridized carbons (Fsp3) is 0.286. The van der Waals surface area contributed by atoms with E-state index in [9.17, 15) is 9.18 Å². The zero-order valence-electron chi connectivity index (χ0n) is 16.3. The molecule has 4 rings (SSSR count). The van der Waals surface area contributed by atoms with Crippen LogP contribution in [0.2, 0.25) is 0 Å². The molecule has 1 aliphatic rings. The molecule has 0 spiro atoms. The molecular formula is C21H22FN5O2S. The Labute approximate surface area is 178 Å². The fourth-order valence-corrected chi connectivity index (χ4v) is 4.03. The topological polar surface area (TPSA) is 72.3 Å². The van der Waals surface area contributed by atoms with Gasteiger partial charge in [0.25, 0.3) is 0 Å². The third kappa shape index (κ3) is 4.98. The van der Waals surface area contributed by atoms with Crippen LogP contribution in [-0.4, -0.2) is 52.7 Å². The van der Waals surface area contributed by atoms with Crippen molar-refractivity contribution in [2.24, 2.45) is 0 Å². The van der Waals surface area contributed by atoms with Crippen LogP contribution in [0.3, 0.4) is 0 Å². The maximum absolute atomic E-state index is 13.9. The number of nitrogens with one attached hydrogen (secondary N) is 1. The van der Waals surface area contributed by atoms with Crippen molar-refractivity contribution in [2.75, 3.05) is 42.3 Å². The Morgan fingerprint density at radius 1 is 1.10 bits per heavy atom. The summed E-state index contributed by atoms with van der Waals surface area (Å²) in [7, 11) is 0. The average Bonchev–Trinajstić information content (AvgIpc) is 3.19. The van der Waals surface area contributed by atoms with Gasteiger partial charge in [0.2, 0.25) is 11.9 Å². The van der Waals surface area contributed by atoms with Crippen LogP contribution < -0.4 is 10.2 Å². The molecule has 0 atom stereocenters. The molecule has 0 radical (unpaired) electrons. The fourth-order valence-electron chi connectivity index (χ4n) is 3.15. The molecule has 0 aliphatic carbocycles. The Morgan fingerprint density at radius 3 is 2.67 bits per heavy atom. The largest absolute Gasteiger partial charge is 0.378 e. The number of halogens is 1. The van der Waals surface area contributed by atoms with Crippen molar-refractivity contribution < 1.29 is 13.9 Å². The molecule has 30 heavy (non-hydrogen) atoms. The number of anilines is 2. The van der Waals surface area contributed by atoms with E-state index in [1.54, 1.807) is 6.07 Å². The summed E-state index contributed by atoms with van der Waals surface area (Å²) >= 11 is 1.42. The van der Waals surface area contributed by atoms with E-state index in [1.165, 1.54) is 23.9 Å². The number of aromatic nitrogens is 3. The minimum absolute atomic E-state index is 0.0704. The SMILES string of the molecule is O=C(CCSc1nnc(N2CCOCC2)n1-c1cccc(F)c1)Nc1ccccc1. The number of ether oxygens (including phenoxy) is 1. The van der Waals surface area contributed by atoms with Crippen LogP contribution in [0, 0.1) is 5.82 Å². The van der Waals surface area contributed by atoms with Crippen molar-refractivity contribution in [1.29, 1.82) is 0 Å². The number of para-hydroxylation sites is 1. The lowest BCUT2D eigenvalue weighted by Gasteiger charge is -2.27. The zero-order valence-corrected chi connectivity index (χ0v) is 17.1. The summed E-state index contributed by atoms with van der Waals surface area (Å²) in [5, 5.41) is 12.2. The normalized spacial score (nSPS) is 14.0. The molecule has 2 heterocycles. The van der Waals surface area contributed by atoms with E-state index in [4.69, 9.17) is 4.74 Å². The zero-order chi connectivity index (χ0) is 20.8. The Morgan fingerprint density at radius 2 is 1.90 bits per heavy atom. The van der Waals surface area contributed by atoms with Crippen LogP contribution in [0.5, 0.6) is 0 Å². The molecule has 1 N–H and O–H groups in total. The van der Waals surface area contributed by atoms with Gasteiger partial charge in [-0.05, 0) is 30.3 Å². The lowest BCUT2D eigenvalue weighted by Crippen LogP contribution is -2.37. The smallest absolute Gasteiger partial charge is 0.232 e. The second kappa shape index (κ2) is 9.73. The number of carbonyl (C=O) groups excluding carboxylic acids is 1. The van der Waals surface area contributed by atoms with Crippen molar-refractivity contribution in [3.05, 3.63) is 60.4 Å². The molecule has 9 heteroatoms. The van der Waals surface area contributed by atoms with Gasteiger partial charge in [-0.3, -0.25) is 9.36 Å². The van der Waals surface area contributed by atoms with Crippen LogP contribution in [0.1, 0.15) is 6.42 Å². The highest BCUT2D eigenvalue weighted by Gasteiger charge is 2.22. The average molecular weight is 428 g/mol. The van der Waals surface area contributed by atoms with Crippen molar-refractivity contribution in [1.82, 2.24) is 14.8 Å². The number of hydrogen-bond acceptors (Lipinski definition) is 6.